The van der Waals surface area contributed by atoms with Crippen molar-refractivity contribution in [1.29, 1.82) is 0 Å². The number of carbonyl (C=O) groups excluding carboxylic acids is 1. The van der Waals surface area contributed by atoms with Crippen LogP contribution in [0.2, 0.25) is 0 Å². The molecule has 2 rings (SSSR count). The van der Waals surface area contributed by atoms with Crippen molar-refractivity contribution in [3.63, 3.8) is 0 Å². The Bertz CT molecular complexity index is 510. The van der Waals surface area contributed by atoms with Crippen molar-refractivity contribution in [2.24, 2.45) is 0 Å². The van der Waals surface area contributed by atoms with E-state index in [0.717, 1.165) is 11.5 Å². The second-order valence-electron chi connectivity index (χ2n) is 3.61. The smallest absolute Gasteiger partial charge is 0.254 e. The Labute approximate surface area is 104 Å². The van der Waals surface area contributed by atoms with Gasteiger partial charge in [-0.3, -0.25) is 14.9 Å². The molecule has 0 aliphatic heterocycles. The Morgan fingerprint density at radius 3 is 3.11 bits per heavy atom. The number of anilines is 1. The first-order valence-corrected chi connectivity index (χ1v) is 5.55. The molecule has 0 aliphatic rings. The number of aromatic nitrogens is 4. The highest BCUT2D eigenvalue weighted by atomic mass is 16.1. The fourth-order valence-corrected chi connectivity index (χ4v) is 1.53. The number of carbonyl (C=O) groups is 1. The number of H-pyrrole nitrogens is 1. The minimum atomic E-state index is -0.160. The van der Waals surface area contributed by atoms with E-state index in [0.29, 0.717) is 18.5 Å². The lowest BCUT2D eigenvalue weighted by Gasteiger charge is -2.08. The Morgan fingerprint density at radius 2 is 2.39 bits per heavy atom. The van der Waals surface area contributed by atoms with Crippen molar-refractivity contribution in [2.45, 2.75) is 6.42 Å². The predicted molar refractivity (Wildman–Crippen MR) is 66.2 cm³/mol. The third-order valence-corrected chi connectivity index (χ3v) is 2.45. The molecule has 18 heavy (non-hydrogen) atoms. The van der Waals surface area contributed by atoms with E-state index in [9.17, 15) is 4.79 Å². The molecule has 2 aromatic rings. The largest absolute Gasteiger partial charge is 0.387 e. The van der Waals surface area contributed by atoms with Crippen LogP contribution in [-0.2, 0) is 6.42 Å². The molecule has 2 aromatic heterocycles. The molecular formula is C11H14N6O. The van der Waals surface area contributed by atoms with Gasteiger partial charge in [-0.05, 0) is 6.07 Å². The minimum absolute atomic E-state index is 0.160. The van der Waals surface area contributed by atoms with E-state index in [4.69, 9.17) is 0 Å². The normalized spacial score (nSPS) is 10.1. The Hall–Kier alpha value is -2.44. The molecule has 0 unspecified atom stereocenters. The molecular weight excluding hydrogens is 232 g/mol. The maximum atomic E-state index is 11.9. The van der Waals surface area contributed by atoms with Gasteiger partial charge in [0.1, 0.15) is 12.2 Å². The lowest BCUT2D eigenvalue weighted by atomic mass is 10.2. The van der Waals surface area contributed by atoms with Gasteiger partial charge in [0.05, 0.1) is 5.56 Å². The van der Waals surface area contributed by atoms with Crippen molar-refractivity contribution >= 4 is 11.6 Å². The van der Waals surface area contributed by atoms with Crippen molar-refractivity contribution in [2.75, 3.05) is 18.9 Å². The van der Waals surface area contributed by atoms with E-state index >= 15 is 0 Å². The van der Waals surface area contributed by atoms with Gasteiger partial charge in [-0.15, -0.1) is 0 Å². The first kappa shape index (κ1) is 12.0. The molecule has 7 heteroatoms. The van der Waals surface area contributed by atoms with Crippen molar-refractivity contribution in [1.82, 2.24) is 25.5 Å². The van der Waals surface area contributed by atoms with Gasteiger partial charge in [-0.2, -0.15) is 5.10 Å². The molecule has 0 radical (unpaired) electrons. The number of pyridine rings is 1. The van der Waals surface area contributed by atoms with Crippen LogP contribution in [0.3, 0.4) is 0 Å². The molecule has 7 nitrogen and oxygen atoms in total. The molecule has 0 fully saturated rings. The molecule has 0 saturated heterocycles. The zero-order chi connectivity index (χ0) is 12.8. The summed E-state index contributed by atoms with van der Waals surface area (Å²) >= 11 is 0. The Balaban J connectivity index is 1.91. The summed E-state index contributed by atoms with van der Waals surface area (Å²) in [6.45, 7) is 0.492. The molecule has 0 saturated carbocycles. The summed E-state index contributed by atoms with van der Waals surface area (Å²) in [7, 11) is 1.76. The van der Waals surface area contributed by atoms with Crippen LogP contribution in [0, 0.1) is 0 Å². The molecule has 3 N–H and O–H groups in total. The van der Waals surface area contributed by atoms with E-state index in [2.05, 4.69) is 30.8 Å². The molecule has 2 heterocycles. The van der Waals surface area contributed by atoms with Gasteiger partial charge < -0.3 is 10.6 Å². The van der Waals surface area contributed by atoms with Crippen LogP contribution in [0.25, 0.3) is 0 Å². The number of aromatic amines is 1. The second kappa shape index (κ2) is 5.76. The lowest BCUT2D eigenvalue weighted by molar-refractivity contribution is 0.0954. The van der Waals surface area contributed by atoms with Gasteiger partial charge in [-0.25, -0.2) is 4.98 Å². The lowest BCUT2D eigenvalue weighted by Crippen LogP contribution is -2.26. The molecule has 0 aromatic carbocycles. The molecule has 0 atom stereocenters. The van der Waals surface area contributed by atoms with Crippen LogP contribution in [0.4, 0.5) is 5.69 Å². The zero-order valence-electron chi connectivity index (χ0n) is 9.97. The van der Waals surface area contributed by atoms with Gasteiger partial charge in [0.15, 0.2) is 0 Å². The average molecular weight is 246 g/mol. The highest BCUT2D eigenvalue weighted by molar-refractivity contribution is 5.99. The van der Waals surface area contributed by atoms with Gasteiger partial charge in [0.25, 0.3) is 5.91 Å². The van der Waals surface area contributed by atoms with Crippen LogP contribution in [0.5, 0.6) is 0 Å². The van der Waals surface area contributed by atoms with Crippen LogP contribution in [0.1, 0.15) is 16.2 Å². The summed E-state index contributed by atoms with van der Waals surface area (Å²) in [6, 6.07) is 1.76. The number of hydrogen-bond donors (Lipinski definition) is 3. The van der Waals surface area contributed by atoms with Crippen LogP contribution >= 0.6 is 0 Å². The number of amides is 1. The predicted octanol–water partition coefficient (Wildman–Crippen LogP) is 0.214. The van der Waals surface area contributed by atoms with E-state index in [-0.39, 0.29) is 5.91 Å². The van der Waals surface area contributed by atoms with Crippen LogP contribution in [0.15, 0.2) is 24.8 Å². The van der Waals surface area contributed by atoms with E-state index in [1.807, 2.05) is 0 Å². The highest BCUT2D eigenvalue weighted by Gasteiger charge is 2.10. The van der Waals surface area contributed by atoms with E-state index in [1.165, 1.54) is 12.5 Å². The van der Waals surface area contributed by atoms with Crippen molar-refractivity contribution in [3.05, 3.63) is 36.2 Å². The minimum Gasteiger partial charge on any atom is -0.387 e. The van der Waals surface area contributed by atoms with Gasteiger partial charge >= 0.3 is 0 Å². The SMILES string of the molecule is CNc1ccncc1C(=O)NCCc1ncn[nH]1. The van der Waals surface area contributed by atoms with Gasteiger partial charge in [0.2, 0.25) is 0 Å². The number of hydrogen-bond acceptors (Lipinski definition) is 5. The summed E-state index contributed by atoms with van der Waals surface area (Å²) in [4.78, 5) is 19.8. The summed E-state index contributed by atoms with van der Waals surface area (Å²) < 4.78 is 0. The highest BCUT2D eigenvalue weighted by Crippen LogP contribution is 2.11. The third-order valence-electron chi connectivity index (χ3n) is 2.45. The standard InChI is InChI=1S/C11H14N6O/c1-12-9-2-4-13-6-8(9)11(18)14-5-3-10-15-7-16-17-10/h2,4,6-7H,3,5H2,1H3,(H,12,13)(H,14,18)(H,15,16,17). The fourth-order valence-electron chi connectivity index (χ4n) is 1.53. The van der Waals surface area contributed by atoms with Crippen molar-refractivity contribution < 1.29 is 4.79 Å². The summed E-state index contributed by atoms with van der Waals surface area (Å²) in [6.07, 6.45) is 5.23. The first-order chi connectivity index (χ1) is 8.81. The molecule has 0 bridgehead atoms. The van der Waals surface area contributed by atoms with Crippen LogP contribution in [-0.4, -0.2) is 39.7 Å². The number of nitrogens with one attached hydrogen (secondary N) is 3. The fraction of sp³-hybridized carbons (Fsp3) is 0.273. The van der Waals surface area contributed by atoms with Crippen LogP contribution < -0.4 is 10.6 Å². The number of rotatable bonds is 5. The monoisotopic (exact) mass is 246 g/mol. The van der Waals surface area contributed by atoms with Crippen molar-refractivity contribution in [3.8, 4) is 0 Å². The summed E-state index contributed by atoms with van der Waals surface area (Å²) in [5.74, 6) is 0.585. The number of nitrogens with zero attached hydrogens (tertiary/aromatic N) is 3. The maximum Gasteiger partial charge on any atom is 0.254 e. The third kappa shape index (κ3) is 2.82. The van der Waals surface area contributed by atoms with E-state index in [1.54, 1.807) is 19.3 Å². The average Bonchev–Trinajstić information content (AvgIpc) is 2.91. The quantitative estimate of drug-likeness (QED) is 0.701. The topological polar surface area (TPSA) is 95.6 Å². The molecule has 0 spiro atoms. The first-order valence-electron chi connectivity index (χ1n) is 5.55. The van der Waals surface area contributed by atoms with Gasteiger partial charge in [-0.1, -0.05) is 0 Å². The molecule has 94 valence electrons. The summed E-state index contributed by atoms with van der Waals surface area (Å²) in [5, 5.41) is 12.2. The van der Waals surface area contributed by atoms with Gasteiger partial charge in [0, 0.05) is 38.1 Å². The zero-order valence-corrected chi connectivity index (χ0v) is 9.97. The second-order valence-corrected chi connectivity index (χ2v) is 3.61. The van der Waals surface area contributed by atoms with E-state index < -0.39 is 0 Å². The molecule has 0 aliphatic carbocycles. The Morgan fingerprint density at radius 1 is 1.50 bits per heavy atom. The maximum absolute atomic E-state index is 11.9. The summed E-state index contributed by atoms with van der Waals surface area (Å²) in [5.41, 5.74) is 1.28. The Kier molecular flexibility index (Phi) is 3.85. The molecule has 1 amide bonds.